The fourth-order valence-corrected chi connectivity index (χ4v) is 2.92. The van der Waals surface area contributed by atoms with Crippen LogP contribution < -0.4 is 16.6 Å². The van der Waals surface area contributed by atoms with Gasteiger partial charge in [-0.2, -0.15) is 0 Å². The number of nitrogens with two attached hydrogens (primary N) is 1. The Morgan fingerprint density at radius 2 is 2.15 bits per heavy atom. The molecule has 1 amide bonds. The monoisotopic (exact) mass is 274 g/mol. The lowest BCUT2D eigenvalue weighted by molar-refractivity contribution is 0.0938. The highest BCUT2D eigenvalue weighted by Crippen LogP contribution is 2.30. The average Bonchev–Trinajstić information content (AvgIpc) is 3.19. The molecule has 1 aromatic rings. The highest BCUT2D eigenvalue weighted by Gasteiger charge is 2.34. The zero-order chi connectivity index (χ0) is 14.1. The molecule has 1 aromatic carbocycles. The average molecular weight is 274 g/mol. The van der Waals surface area contributed by atoms with Gasteiger partial charge in [-0.05, 0) is 43.9 Å². The fraction of sp³-hybridized carbons (Fsp3) is 0.533. The van der Waals surface area contributed by atoms with Gasteiger partial charge in [-0.1, -0.05) is 6.07 Å². The number of hydrazine groups is 1. The van der Waals surface area contributed by atoms with Gasteiger partial charge < -0.3 is 10.7 Å². The number of carbonyl (C=O) groups is 1. The predicted molar refractivity (Wildman–Crippen MR) is 79.5 cm³/mol. The lowest BCUT2D eigenvalue weighted by Gasteiger charge is -2.17. The van der Waals surface area contributed by atoms with E-state index in [1.807, 2.05) is 25.1 Å². The Balaban J connectivity index is 1.64. The smallest absolute Gasteiger partial charge is 0.253 e. The molecule has 2 fully saturated rings. The quantitative estimate of drug-likeness (QED) is 0.571. The third-order valence-corrected chi connectivity index (χ3v) is 4.19. The van der Waals surface area contributed by atoms with Crippen molar-refractivity contribution in [2.75, 3.05) is 18.5 Å². The molecule has 0 bridgehead atoms. The standard InChI is InChI=1S/C15H22N4O/c1-10-2-5-13(14(8-10)18-16)15(20)17-11-6-7-19(9-11)12-3-4-12/h2,5,8,11-12,18H,3-4,6-7,9,16H2,1H3,(H,17,20). The molecular weight excluding hydrogens is 252 g/mol. The zero-order valence-electron chi connectivity index (χ0n) is 11.9. The van der Waals surface area contributed by atoms with Crippen molar-refractivity contribution in [2.24, 2.45) is 5.84 Å². The highest BCUT2D eigenvalue weighted by atomic mass is 16.1. The second-order valence-corrected chi connectivity index (χ2v) is 5.88. The van der Waals surface area contributed by atoms with Gasteiger partial charge >= 0.3 is 0 Å². The number of anilines is 1. The Bertz CT molecular complexity index is 513. The number of carbonyl (C=O) groups excluding carboxylic acids is 1. The maximum absolute atomic E-state index is 12.4. The molecule has 20 heavy (non-hydrogen) atoms. The van der Waals surface area contributed by atoms with Gasteiger partial charge in [-0.3, -0.25) is 15.5 Å². The first kappa shape index (κ1) is 13.4. The molecule has 5 heteroatoms. The van der Waals surface area contributed by atoms with E-state index >= 15 is 0 Å². The lowest BCUT2D eigenvalue weighted by Crippen LogP contribution is -2.37. The van der Waals surface area contributed by atoms with Crippen molar-refractivity contribution in [1.82, 2.24) is 10.2 Å². The molecule has 5 nitrogen and oxygen atoms in total. The van der Waals surface area contributed by atoms with Crippen LogP contribution in [0.2, 0.25) is 0 Å². The van der Waals surface area contributed by atoms with E-state index in [9.17, 15) is 4.79 Å². The molecular formula is C15H22N4O. The van der Waals surface area contributed by atoms with Crippen molar-refractivity contribution in [1.29, 1.82) is 0 Å². The van der Waals surface area contributed by atoms with Crippen LogP contribution in [0.3, 0.4) is 0 Å². The molecule has 1 saturated heterocycles. The number of amides is 1. The van der Waals surface area contributed by atoms with Crippen molar-refractivity contribution in [3.63, 3.8) is 0 Å². The van der Waals surface area contributed by atoms with E-state index in [1.54, 1.807) is 0 Å². The molecule has 1 atom stereocenters. The largest absolute Gasteiger partial charge is 0.348 e. The minimum absolute atomic E-state index is 0.0411. The normalized spacial score (nSPS) is 22.8. The SMILES string of the molecule is Cc1ccc(C(=O)NC2CCN(C3CC3)C2)c(NN)c1. The summed E-state index contributed by atoms with van der Waals surface area (Å²) in [6.45, 7) is 4.06. The van der Waals surface area contributed by atoms with Crippen LogP contribution in [0.4, 0.5) is 5.69 Å². The summed E-state index contributed by atoms with van der Waals surface area (Å²) in [5.74, 6) is 5.46. The minimum Gasteiger partial charge on any atom is -0.348 e. The number of hydrogen-bond donors (Lipinski definition) is 3. The first-order chi connectivity index (χ1) is 9.67. The fourth-order valence-electron chi connectivity index (χ4n) is 2.92. The number of hydrogen-bond acceptors (Lipinski definition) is 4. The van der Waals surface area contributed by atoms with Crippen LogP contribution in [0.1, 0.15) is 35.2 Å². The zero-order valence-corrected chi connectivity index (χ0v) is 11.9. The maximum atomic E-state index is 12.4. The van der Waals surface area contributed by atoms with Crippen molar-refractivity contribution in [3.8, 4) is 0 Å². The maximum Gasteiger partial charge on any atom is 0.253 e. The van der Waals surface area contributed by atoms with Crippen LogP contribution in [-0.2, 0) is 0 Å². The molecule has 108 valence electrons. The highest BCUT2D eigenvalue weighted by molar-refractivity contribution is 5.99. The Hall–Kier alpha value is -1.59. The summed E-state index contributed by atoms with van der Waals surface area (Å²) in [6, 6.07) is 6.68. The molecule has 1 aliphatic heterocycles. The third-order valence-electron chi connectivity index (χ3n) is 4.19. The second kappa shape index (κ2) is 5.42. The second-order valence-electron chi connectivity index (χ2n) is 5.88. The van der Waals surface area contributed by atoms with Crippen LogP contribution in [0, 0.1) is 6.92 Å². The Kier molecular flexibility index (Phi) is 3.63. The number of nitrogens with zero attached hydrogens (tertiary/aromatic N) is 1. The summed E-state index contributed by atoms with van der Waals surface area (Å²) < 4.78 is 0. The number of nitrogen functional groups attached to an aromatic ring is 1. The molecule has 0 spiro atoms. The van der Waals surface area contributed by atoms with Crippen LogP contribution in [-0.4, -0.2) is 36.0 Å². The summed E-state index contributed by atoms with van der Waals surface area (Å²) in [5.41, 5.74) is 4.98. The van der Waals surface area contributed by atoms with Gasteiger partial charge in [0.25, 0.3) is 5.91 Å². The molecule has 1 heterocycles. The Morgan fingerprint density at radius 3 is 2.85 bits per heavy atom. The van der Waals surface area contributed by atoms with Crippen molar-refractivity contribution in [3.05, 3.63) is 29.3 Å². The van der Waals surface area contributed by atoms with Crippen molar-refractivity contribution >= 4 is 11.6 Å². The number of aryl methyl sites for hydroxylation is 1. The van der Waals surface area contributed by atoms with Gasteiger partial charge in [0.05, 0.1) is 11.3 Å². The Labute approximate surface area is 119 Å². The van der Waals surface area contributed by atoms with Crippen LogP contribution >= 0.6 is 0 Å². The number of nitrogens with one attached hydrogen (secondary N) is 2. The topological polar surface area (TPSA) is 70.4 Å². The molecule has 1 aliphatic carbocycles. The summed E-state index contributed by atoms with van der Waals surface area (Å²) in [6.07, 6.45) is 3.68. The molecule has 2 aliphatic rings. The molecule has 1 unspecified atom stereocenters. The van der Waals surface area contributed by atoms with E-state index in [0.29, 0.717) is 11.3 Å². The summed E-state index contributed by atoms with van der Waals surface area (Å²) >= 11 is 0. The van der Waals surface area contributed by atoms with Gasteiger partial charge in [-0.15, -0.1) is 0 Å². The van der Waals surface area contributed by atoms with Gasteiger partial charge in [0, 0.05) is 25.2 Å². The lowest BCUT2D eigenvalue weighted by atomic mass is 10.1. The Morgan fingerprint density at radius 1 is 1.35 bits per heavy atom. The first-order valence-corrected chi connectivity index (χ1v) is 7.29. The van der Waals surface area contributed by atoms with E-state index in [4.69, 9.17) is 5.84 Å². The predicted octanol–water partition coefficient (Wildman–Crippen LogP) is 1.25. The van der Waals surface area contributed by atoms with Crippen LogP contribution in [0.5, 0.6) is 0 Å². The van der Waals surface area contributed by atoms with Gasteiger partial charge in [-0.25, -0.2) is 0 Å². The minimum atomic E-state index is -0.0411. The molecule has 0 radical (unpaired) electrons. The van der Waals surface area contributed by atoms with E-state index in [0.717, 1.165) is 31.1 Å². The van der Waals surface area contributed by atoms with Crippen molar-refractivity contribution < 1.29 is 4.79 Å². The molecule has 3 rings (SSSR count). The molecule has 1 saturated carbocycles. The summed E-state index contributed by atoms with van der Waals surface area (Å²) in [5, 5.41) is 3.13. The number of likely N-dealkylation sites (tertiary alicyclic amines) is 1. The van der Waals surface area contributed by atoms with E-state index < -0.39 is 0 Å². The number of benzene rings is 1. The van der Waals surface area contributed by atoms with Gasteiger partial charge in [0.15, 0.2) is 0 Å². The van der Waals surface area contributed by atoms with Crippen molar-refractivity contribution in [2.45, 2.75) is 38.3 Å². The van der Waals surface area contributed by atoms with E-state index in [2.05, 4.69) is 15.6 Å². The third kappa shape index (κ3) is 2.78. The number of rotatable bonds is 4. The first-order valence-electron chi connectivity index (χ1n) is 7.29. The molecule has 0 aromatic heterocycles. The summed E-state index contributed by atoms with van der Waals surface area (Å²) in [4.78, 5) is 14.8. The van der Waals surface area contributed by atoms with Gasteiger partial charge in [0.1, 0.15) is 0 Å². The van der Waals surface area contributed by atoms with Gasteiger partial charge in [0.2, 0.25) is 0 Å². The van der Waals surface area contributed by atoms with Crippen LogP contribution in [0.15, 0.2) is 18.2 Å². The van der Waals surface area contributed by atoms with Crippen LogP contribution in [0.25, 0.3) is 0 Å². The summed E-state index contributed by atoms with van der Waals surface area (Å²) in [7, 11) is 0. The van der Waals surface area contributed by atoms with E-state index in [1.165, 1.54) is 12.8 Å². The van der Waals surface area contributed by atoms with E-state index in [-0.39, 0.29) is 11.9 Å². The molecule has 4 N–H and O–H groups in total.